The zero-order chi connectivity index (χ0) is 18.7. The third kappa shape index (κ3) is 8.23. The quantitative estimate of drug-likeness (QED) is 0.365. The van der Waals surface area contributed by atoms with E-state index in [4.69, 9.17) is 4.74 Å². The maximum Gasteiger partial charge on any atom is 0.303 e. The number of ether oxygens (including phenoxy) is 1. The molecule has 0 radical (unpaired) electrons. The van der Waals surface area contributed by atoms with Crippen LogP contribution < -0.4 is 4.74 Å². The molecule has 1 rings (SSSR count). The molecular weight excluding hydrogens is 336 g/mol. The summed E-state index contributed by atoms with van der Waals surface area (Å²) >= 11 is 0. The average molecular weight is 371 g/mol. The van der Waals surface area contributed by atoms with Crippen molar-refractivity contribution in [1.82, 2.24) is 0 Å². The van der Waals surface area contributed by atoms with Crippen LogP contribution in [0, 0.1) is 0 Å². The highest BCUT2D eigenvalue weighted by Crippen LogP contribution is 2.27. The van der Waals surface area contributed by atoms with E-state index in [0.29, 0.717) is 12.2 Å². The fourth-order valence-corrected chi connectivity index (χ4v) is 3.62. The minimum Gasteiger partial charge on any atom is -0.472 e. The van der Waals surface area contributed by atoms with E-state index in [2.05, 4.69) is 26.0 Å². The van der Waals surface area contributed by atoms with Gasteiger partial charge in [0.15, 0.2) is 0 Å². The SMILES string of the molecule is CCCCCc1ccc(CCCCC)c(OC(CCC)S(=O)(=O)O)c1. The van der Waals surface area contributed by atoms with Crippen LogP contribution >= 0.6 is 0 Å². The van der Waals surface area contributed by atoms with Gasteiger partial charge in [-0.2, -0.15) is 8.42 Å². The van der Waals surface area contributed by atoms with Crippen molar-refractivity contribution in [3.8, 4) is 5.75 Å². The predicted octanol–water partition coefficient (Wildman–Crippen LogP) is 5.54. The van der Waals surface area contributed by atoms with Crippen molar-refractivity contribution in [1.29, 1.82) is 0 Å². The first kappa shape index (κ1) is 22.0. The third-order valence-corrected chi connectivity index (χ3v) is 5.36. The molecule has 0 saturated carbocycles. The second-order valence-electron chi connectivity index (χ2n) is 6.71. The van der Waals surface area contributed by atoms with E-state index >= 15 is 0 Å². The zero-order valence-electron chi connectivity index (χ0n) is 16.0. The van der Waals surface area contributed by atoms with Gasteiger partial charge in [0.2, 0.25) is 5.44 Å². The smallest absolute Gasteiger partial charge is 0.303 e. The molecule has 1 N–H and O–H groups in total. The van der Waals surface area contributed by atoms with Gasteiger partial charge in [-0.05, 0) is 42.9 Å². The van der Waals surface area contributed by atoms with E-state index in [1.54, 1.807) is 0 Å². The molecule has 4 nitrogen and oxygen atoms in total. The van der Waals surface area contributed by atoms with Crippen LogP contribution in [0.25, 0.3) is 0 Å². The van der Waals surface area contributed by atoms with Gasteiger partial charge in [0.25, 0.3) is 0 Å². The van der Waals surface area contributed by atoms with Crippen LogP contribution in [0.5, 0.6) is 5.75 Å². The van der Waals surface area contributed by atoms with Crippen molar-refractivity contribution in [3.63, 3.8) is 0 Å². The highest BCUT2D eigenvalue weighted by molar-refractivity contribution is 7.86. The van der Waals surface area contributed by atoms with E-state index in [0.717, 1.165) is 49.7 Å². The van der Waals surface area contributed by atoms with Crippen molar-refractivity contribution in [2.75, 3.05) is 0 Å². The maximum atomic E-state index is 11.6. The summed E-state index contributed by atoms with van der Waals surface area (Å²) in [6.07, 6.45) is 9.51. The van der Waals surface area contributed by atoms with Gasteiger partial charge in [0.05, 0.1) is 0 Å². The molecule has 1 atom stereocenters. The molecule has 1 unspecified atom stereocenters. The molecule has 144 valence electrons. The molecule has 0 aromatic heterocycles. The summed E-state index contributed by atoms with van der Waals surface area (Å²) in [7, 11) is -4.22. The second-order valence-corrected chi connectivity index (χ2v) is 8.26. The van der Waals surface area contributed by atoms with Gasteiger partial charge in [0.1, 0.15) is 5.75 Å². The Morgan fingerprint density at radius 3 is 2.16 bits per heavy atom. The van der Waals surface area contributed by atoms with Gasteiger partial charge < -0.3 is 4.74 Å². The molecule has 0 heterocycles. The molecule has 0 spiro atoms. The second kappa shape index (κ2) is 11.5. The summed E-state index contributed by atoms with van der Waals surface area (Å²) in [5, 5.41) is 0. The van der Waals surface area contributed by atoms with Gasteiger partial charge in [-0.1, -0.05) is 65.0 Å². The minimum absolute atomic E-state index is 0.285. The van der Waals surface area contributed by atoms with Crippen LogP contribution in [0.2, 0.25) is 0 Å². The van der Waals surface area contributed by atoms with Crippen LogP contribution in [-0.2, 0) is 23.0 Å². The first-order chi connectivity index (χ1) is 11.9. The Morgan fingerprint density at radius 1 is 0.960 bits per heavy atom. The Labute approximate surface area is 153 Å². The van der Waals surface area contributed by atoms with Crippen molar-refractivity contribution in [3.05, 3.63) is 29.3 Å². The molecule has 1 aromatic carbocycles. The number of aryl methyl sites for hydroxylation is 2. The summed E-state index contributed by atoms with van der Waals surface area (Å²) in [6.45, 7) is 6.21. The number of hydrogen-bond acceptors (Lipinski definition) is 3. The number of benzene rings is 1. The Bertz CT molecular complexity index is 596. The van der Waals surface area contributed by atoms with E-state index in [9.17, 15) is 13.0 Å². The molecule has 0 aliphatic rings. The van der Waals surface area contributed by atoms with Gasteiger partial charge in [-0.3, -0.25) is 4.55 Å². The highest BCUT2D eigenvalue weighted by Gasteiger charge is 2.25. The Balaban J connectivity index is 3.00. The monoisotopic (exact) mass is 370 g/mol. The lowest BCUT2D eigenvalue weighted by molar-refractivity contribution is 0.243. The summed E-state index contributed by atoms with van der Waals surface area (Å²) in [5.41, 5.74) is 0.999. The predicted molar refractivity (Wildman–Crippen MR) is 104 cm³/mol. The van der Waals surface area contributed by atoms with E-state index in [1.165, 1.54) is 12.8 Å². The summed E-state index contributed by atoms with van der Waals surface area (Å²) in [4.78, 5) is 0. The first-order valence-corrected chi connectivity index (χ1v) is 11.2. The van der Waals surface area contributed by atoms with Crippen LogP contribution in [0.4, 0.5) is 0 Å². The molecule has 0 aliphatic heterocycles. The molecule has 0 amide bonds. The molecule has 25 heavy (non-hydrogen) atoms. The molecule has 0 bridgehead atoms. The van der Waals surface area contributed by atoms with Crippen molar-refractivity contribution in [2.24, 2.45) is 0 Å². The number of unbranched alkanes of at least 4 members (excludes halogenated alkanes) is 4. The molecule has 5 heteroatoms. The minimum atomic E-state index is -4.22. The van der Waals surface area contributed by atoms with Crippen molar-refractivity contribution in [2.45, 2.75) is 90.4 Å². The topological polar surface area (TPSA) is 63.6 Å². The normalized spacial score (nSPS) is 13.0. The zero-order valence-corrected chi connectivity index (χ0v) is 16.8. The van der Waals surface area contributed by atoms with Crippen LogP contribution in [0.15, 0.2) is 18.2 Å². The molecule has 0 fully saturated rings. The Hall–Kier alpha value is -1.07. The van der Waals surface area contributed by atoms with Gasteiger partial charge in [-0.15, -0.1) is 0 Å². The fourth-order valence-electron chi connectivity index (χ4n) is 2.86. The average Bonchev–Trinajstić information content (AvgIpc) is 2.56. The third-order valence-electron chi connectivity index (χ3n) is 4.37. The van der Waals surface area contributed by atoms with Gasteiger partial charge >= 0.3 is 10.1 Å². The van der Waals surface area contributed by atoms with Crippen molar-refractivity contribution < 1.29 is 17.7 Å². The largest absolute Gasteiger partial charge is 0.472 e. The first-order valence-electron chi connectivity index (χ1n) is 9.67. The van der Waals surface area contributed by atoms with Crippen molar-refractivity contribution >= 4 is 10.1 Å². The van der Waals surface area contributed by atoms with Gasteiger partial charge in [0, 0.05) is 6.42 Å². The molecule has 1 aromatic rings. The summed E-state index contributed by atoms with van der Waals surface area (Å²) in [6, 6.07) is 6.14. The molecule has 0 aliphatic carbocycles. The highest BCUT2D eigenvalue weighted by atomic mass is 32.2. The lowest BCUT2D eigenvalue weighted by atomic mass is 10.0. The van der Waals surface area contributed by atoms with Crippen LogP contribution in [0.1, 0.15) is 83.3 Å². The van der Waals surface area contributed by atoms with Crippen LogP contribution in [-0.4, -0.2) is 18.4 Å². The number of hydrogen-bond donors (Lipinski definition) is 1. The van der Waals surface area contributed by atoms with E-state index in [1.807, 2.05) is 13.0 Å². The lowest BCUT2D eigenvalue weighted by Crippen LogP contribution is -2.27. The van der Waals surface area contributed by atoms with Crippen LogP contribution in [0.3, 0.4) is 0 Å². The summed E-state index contributed by atoms with van der Waals surface area (Å²) < 4.78 is 38.5. The Morgan fingerprint density at radius 2 is 1.60 bits per heavy atom. The van der Waals surface area contributed by atoms with E-state index < -0.39 is 15.6 Å². The molecular formula is C20H34O4S. The summed E-state index contributed by atoms with van der Waals surface area (Å²) in [5.74, 6) is 0.612. The lowest BCUT2D eigenvalue weighted by Gasteiger charge is -2.19. The number of rotatable bonds is 13. The standard InChI is InChI=1S/C20H34O4S/c1-4-7-9-12-17-14-15-18(13-10-8-5-2)19(16-17)24-20(11-6-3)25(21,22)23/h14-16,20H,4-13H2,1-3H3,(H,21,22,23). The maximum absolute atomic E-state index is 11.6. The fraction of sp³-hybridized carbons (Fsp3) is 0.700. The van der Waals surface area contributed by atoms with E-state index in [-0.39, 0.29) is 6.42 Å². The Kier molecular flexibility index (Phi) is 10.1. The van der Waals surface area contributed by atoms with Gasteiger partial charge in [-0.25, -0.2) is 0 Å². The molecule has 0 saturated heterocycles.